The van der Waals surface area contributed by atoms with Gasteiger partial charge in [-0.1, -0.05) is 31.0 Å². The van der Waals surface area contributed by atoms with E-state index in [0.717, 1.165) is 16.8 Å². The maximum atomic E-state index is 12.5. The van der Waals surface area contributed by atoms with Gasteiger partial charge in [0.25, 0.3) is 5.56 Å². The summed E-state index contributed by atoms with van der Waals surface area (Å²) in [5.74, 6) is 5.08. The van der Waals surface area contributed by atoms with Crippen molar-refractivity contribution >= 4 is 24.4 Å². The van der Waals surface area contributed by atoms with Gasteiger partial charge in [0.05, 0.1) is 12.7 Å². The molecular weight excluding hydrogens is 549 g/mol. The van der Waals surface area contributed by atoms with Gasteiger partial charge in [-0.15, -0.1) is 5.92 Å². The van der Waals surface area contributed by atoms with Gasteiger partial charge in [0.1, 0.15) is 24.0 Å². The fourth-order valence-electron chi connectivity index (χ4n) is 3.66. The van der Waals surface area contributed by atoms with Crippen molar-refractivity contribution in [1.29, 1.82) is 0 Å². The number of para-hydroxylation sites is 1. The summed E-state index contributed by atoms with van der Waals surface area (Å²) in [6.45, 7) is 2.82. The lowest BCUT2D eigenvalue weighted by molar-refractivity contribution is -0.149. The molecule has 1 aliphatic heterocycles. The molecular formula is C25H32N3O9PS. The fourth-order valence-corrected chi connectivity index (χ4v) is 6.08. The summed E-state index contributed by atoms with van der Waals surface area (Å²) < 4.78 is 23.9. The number of nitrogens with one attached hydrogen (secondary N) is 2. The number of nitrogens with zero attached hydrogens (tertiary/aromatic N) is 1. The highest BCUT2D eigenvalue weighted by molar-refractivity contribution is 8.09. The Labute approximate surface area is 230 Å². The molecule has 212 valence electrons. The Morgan fingerprint density at radius 3 is 2.59 bits per heavy atom. The van der Waals surface area contributed by atoms with Crippen LogP contribution in [0.1, 0.15) is 40.3 Å². The van der Waals surface area contributed by atoms with Crippen LogP contribution in [-0.4, -0.2) is 62.3 Å². The highest BCUT2D eigenvalue weighted by Gasteiger charge is 2.56. The lowest BCUT2D eigenvalue weighted by atomic mass is 9.94. The van der Waals surface area contributed by atoms with Crippen LogP contribution < -0.4 is 20.9 Å². The minimum Gasteiger partial charge on any atom is -0.462 e. The van der Waals surface area contributed by atoms with Gasteiger partial charge in [-0.25, -0.2) is 9.88 Å². The molecule has 1 fully saturated rings. The van der Waals surface area contributed by atoms with Gasteiger partial charge in [-0.2, -0.15) is 0 Å². The maximum Gasteiger partial charge on any atom is 0.330 e. The number of carbonyl (C=O) groups excluding carboxylic acids is 1. The summed E-state index contributed by atoms with van der Waals surface area (Å²) in [5.41, 5.74) is -3.74. The Kier molecular flexibility index (Phi) is 10.3. The Morgan fingerprint density at radius 1 is 1.28 bits per heavy atom. The molecule has 3 unspecified atom stereocenters. The van der Waals surface area contributed by atoms with Crippen LogP contribution in [0.15, 0.2) is 52.2 Å². The molecule has 3 rings (SSSR count). The Balaban J connectivity index is 1.88. The van der Waals surface area contributed by atoms with E-state index >= 15 is 0 Å². The molecule has 39 heavy (non-hydrogen) atoms. The summed E-state index contributed by atoms with van der Waals surface area (Å²) in [6.07, 6.45) is -3.23. The number of aliphatic hydroxyl groups is 2. The summed E-state index contributed by atoms with van der Waals surface area (Å²) >= 11 is 5.68. The first kappa shape index (κ1) is 30.7. The van der Waals surface area contributed by atoms with E-state index < -0.39 is 60.5 Å². The zero-order valence-corrected chi connectivity index (χ0v) is 23.6. The van der Waals surface area contributed by atoms with Crippen LogP contribution >= 0.6 is 6.64 Å². The molecule has 12 nitrogen and oxygen atoms in total. The van der Waals surface area contributed by atoms with Crippen LogP contribution in [0.25, 0.3) is 0 Å². The van der Waals surface area contributed by atoms with Crippen LogP contribution in [0.5, 0.6) is 5.75 Å². The second-order valence-corrected chi connectivity index (χ2v) is 12.1. The molecule has 4 N–H and O–H groups in total. The summed E-state index contributed by atoms with van der Waals surface area (Å²) in [6, 6.07) is 8.72. The first-order valence-electron chi connectivity index (χ1n) is 12.2. The largest absolute Gasteiger partial charge is 0.462 e. The number of carbonyl (C=O) groups is 1. The van der Waals surface area contributed by atoms with Gasteiger partial charge in [-0.3, -0.25) is 19.1 Å². The molecule has 1 saturated heterocycles. The lowest BCUT2D eigenvalue weighted by Gasteiger charge is -2.28. The van der Waals surface area contributed by atoms with Crippen LogP contribution in [0.4, 0.5) is 0 Å². The van der Waals surface area contributed by atoms with Gasteiger partial charge in [0.15, 0.2) is 11.8 Å². The minimum atomic E-state index is -3.49. The molecule has 0 radical (unpaired) electrons. The van der Waals surface area contributed by atoms with Gasteiger partial charge < -0.3 is 28.7 Å². The van der Waals surface area contributed by atoms with Crippen LogP contribution in [0, 0.1) is 11.8 Å². The van der Waals surface area contributed by atoms with Crippen molar-refractivity contribution in [2.24, 2.45) is 0 Å². The zero-order valence-electron chi connectivity index (χ0n) is 21.9. The molecule has 0 bridgehead atoms. The maximum absolute atomic E-state index is 12.5. The minimum absolute atomic E-state index is 0.351. The number of esters is 1. The number of hydrogen-bond acceptors (Lipinski definition) is 10. The van der Waals surface area contributed by atoms with E-state index in [1.54, 1.807) is 58.0 Å². The molecule has 2 heterocycles. The van der Waals surface area contributed by atoms with E-state index in [2.05, 4.69) is 21.9 Å². The summed E-state index contributed by atoms with van der Waals surface area (Å²) in [7, 11) is 0. The predicted octanol–water partition coefficient (Wildman–Crippen LogP) is 1.19. The van der Waals surface area contributed by atoms with Crippen molar-refractivity contribution in [2.45, 2.75) is 70.3 Å². The summed E-state index contributed by atoms with van der Waals surface area (Å²) in [5, 5.41) is 25.3. The van der Waals surface area contributed by atoms with E-state index in [4.69, 9.17) is 30.3 Å². The number of aromatic amines is 1. The Bertz CT molecular complexity index is 1370. The van der Waals surface area contributed by atoms with Crippen molar-refractivity contribution in [1.82, 2.24) is 14.6 Å². The first-order chi connectivity index (χ1) is 18.4. The lowest BCUT2D eigenvalue weighted by Crippen LogP contribution is -2.48. The molecule has 1 aromatic heterocycles. The second kappa shape index (κ2) is 13.0. The highest BCUT2D eigenvalue weighted by atomic mass is 32.5. The topological polar surface area (TPSA) is 161 Å². The highest BCUT2D eigenvalue weighted by Crippen LogP contribution is 2.47. The molecule has 6 atom stereocenters. The fraction of sp³-hybridized carbons (Fsp3) is 0.480. The smallest absolute Gasteiger partial charge is 0.330 e. The van der Waals surface area contributed by atoms with E-state index in [1.807, 2.05) is 0 Å². The number of benzene rings is 1. The van der Waals surface area contributed by atoms with Crippen molar-refractivity contribution in [2.75, 3.05) is 6.61 Å². The average Bonchev–Trinajstić information content (AvgIpc) is 3.11. The molecule has 0 amide bonds. The molecule has 2 aromatic rings. The third-order valence-electron chi connectivity index (χ3n) is 5.49. The van der Waals surface area contributed by atoms with Crippen molar-refractivity contribution < 1.29 is 33.5 Å². The van der Waals surface area contributed by atoms with E-state index in [1.165, 1.54) is 0 Å². The number of hydrogen-bond donors (Lipinski definition) is 4. The monoisotopic (exact) mass is 581 g/mol. The van der Waals surface area contributed by atoms with Crippen LogP contribution in [0.3, 0.4) is 0 Å². The summed E-state index contributed by atoms with van der Waals surface area (Å²) in [4.78, 5) is 38.5. The quantitative estimate of drug-likeness (QED) is 0.181. The number of H-pyrrole nitrogens is 1. The molecule has 0 spiro atoms. The predicted molar refractivity (Wildman–Crippen MR) is 145 cm³/mol. The van der Waals surface area contributed by atoms with Gasteiger partial charge in [0.2, 0.25) is 0 Å². The Hall–Kier alpha value is -2.82. The first-order valence-corrected chi connectivity index (χ1v) is 14.9. The molecule has 1 aliphatic rings. The molecule has 1 aromatic carbocycles. The van der Waals surface area contributed by atoms with Crippen molar-refractivity contribution in [3.63, 3.8) is 0 Å². The van der Waals surface area contributed by atoms with E-state index in [-0.39, 0.29) is 6.10 Å². The standard InChI is InChI=1S/C25H32N3O9PS/c1-5-6-13-25(33)21(30)19(36-23(25)28-14-12-20(29)26-24(28)32)15-34-38(39,37-18-10-8-7-9-11-18)27-17(4)22(31)35-16(2)3/h7-12,14,16-17,19,21,23,30,33H,5,15H2,1-4H3,(H,27,39)(H,26,29,32)/t17?,19-,21-,23?,25-,38?/m1/s1. The van der Waals surface area contributed by atoms with E-state index in [9.17, 15) is 24.6 Å². The van der Waals surface area contributed by atoms with Crippen LogP contribution in [-0.2, 0) is 30.6 Å². The third kappa shape index (κ3) is 7.64. The van der Waals surface area contributed by atoms with Crippen LogP contribution in [0.2, 0.25) is 0 Å². The average molecular weight is 582 g/mol. The number of aliphatic hydroxyl groups excluding tert-OH is 1. The van der Waals surface area contributed by atoms with E-state index in [0.29, 0.717) is 12.2 Å². The Morgan fingerprint density at radius 2 is 1.97 bits per heavy atom. The SMILES string of the molecule is CCC#C[C@]1(O)C(n2ccc(=O)[nH]c2=O)O[C@H](COP(=S)(NC(C)C(=O)OC(C)C)Oc2ccccc2)[C@H]1O. The zero-order chi connectivity index (χ0) is 28.8. The number of ether oxygens (including phenoxy) is 2. The normalized spacial score (nSPS) is 24.8. The van der Waals surface area contributed by atoms with Gasteiger partial charge >= 0.3 is 18.3 Å². The molecule has 0 aliphatic carbocycles. The number of rotatable bonds is 10. The second-order valence-electron chi connectivity index (χ2n) is 9.00. The van der Waals surface area contributed by atoms with Gasteiger partial charge in [0, 0.05) is 18.7 Å². The van der Waals surface area contributed by atoms with Crippen molar-refractivity contribution in [3.05, 3.63) is 63.4 Å². The van der Waals surface area contributed by atoms with Gasteiger partial charge in [-0.05, 0) is 44.7 Å². The molecule has 14 heteroatoms. The van der Waals surface area contributed by atoms with Crippen molar-refractivity contribution in [3.8, 4) is 17.6 Å². The third-order valence-corrected chi connectivity index (χ3v) is 7.99. The number of aromatic nitrogens is 2. The molecule has 0 saturated carbocycles.